The molecule has 1 amide bonds. The fourth-order valence-corrected chi connectivity index (χ4v) is 2.13. The highest BCUT2D eigenvalue weighted by atomic mass is 16.1. The van der Waals surface area contributed by atoms with Gasteiger partial charge in [-0.15, -0.1) is 0 Å². The van der Waals surface area contributed by atoms with E-state index in [1.807, 2.05) is 6.92 Å². The van der Waals surface area contributed by atoms with Gasteiger partial charge in [0.25, 0.3) is 0 Å². The van der Waals surface area contributed by atoms with Gasteiger partial charge in [0.05, 0.1) is 17.6 Å². The maximum atomic E-state index is 10.6. The number of amides is 1. The summed E-state index contributed by atoms with van der Waals surface area (Å²) in [6.45, 7) is 6.08. The number of allylic oxidation sites excluding steroid dienone is 1. The van der Waals surface area contributed by atoms with Gasteiger partial charge in [-0.25, -0.2) is 4.98 Å². The molecule has 0 saturated heterocycles. The third-order valence-corrected chi connectivity index (χ3v) is 3.29. The summed E-state index contributed by atoms with van der Waals surface area (Å²) >= 11 is 0. The number of aromatic nitrogens is 4. The van der Waals surface area contributed by atoms with E-state index in [1.54, 1.807) is 6.20 Å². The molecule has 0 aliphatic carbocycles. The standard InChI is InChI=1S/C15H22N6O/c1-3-16-8-6-4-5-7-12-11(2)19-15(20-12)14-13(17-10-22)9-18-21-14/h4-5,9-10,16H,3,6-8H2,1-2H3,(H,17,22)(H,18,21)(H,19,20)/b5-4-. The molecule has 0 aromatic carbocycles. The van der Waals surface area contributed by atoms with E-state index in [-0.39, 0.29) is 0 Å². The Morgan fingerprint density at radius 1 is 1.36 bits per heavy atom. The van der Waals surface area contributed by atoms with E-state index < -0.39 is 0 Å². The Kier molecular flexibility index (Phi) is 5.91. The van der Waals surface area contributed by atoms with Crippen LogP contribution in [0.15, 0.2) is 18.3 Å². The molecule has 0 aliphatic heterocycles. The summed E-state index contributed by atoms with van der Waals surface area (Å²) in [5.74, 6) is 0.676. The van der Waals surface area contributed by atoms with E-state index in [0.717, 1.165) is 37.3 Å². The fourth-order valence-electron chi connectivity index (χ4n) is 2.13. The van der Waals surface area contributed by atoms with Crippen molar-refractivity contribution in [3.8, 4) is 11.5 Å². The Morgan fingerprint density at radius 2 is 2.23 bits per heavy atom. The molecule has 0 radical (unpaired) electrons. The number of aromatic amines is 2. The van der Waals surface area contributed by atoms with Crippen molar-refractivity contribution in [2.45, 2.75) is 26.7 Å². The van der Waals surface area contributed by atoms with Gasteiger partial charge in [-0.1, -0.05) is 19.1 Å². The quantitative estimate of drug-likeness (QED) is 0.322. The van der Waals surface area contributed by atoms with Crippen molar-refractivity contribution in [1.82, 2.24) is 25.5 Å². The molecular formula is C15H22N6O. The van der Waals surface area contributed by atoms with Gasteiger partial charge in [-0.05, 0) is 26.4 Å². The van der Waals surface area contributed by atoms with E-state index in [1.165, 1.54) is 0 Å². The third-order valence-electron chi connectivity index (χ3n) is 3.29. The van der Waals surface area contributed by atoms with Crippen LogP contribution in [0.2, 0.25) is 0 Å². The van der Waals surface area contributed by atoms with Crippen LogP contribution in [-0.4, -0.2) is 39.7 Å². The van der Waals surface area contributed by atoms with Crippen LogP contribution >= 0.6 is 0 Å². The molecule has 0 fully saturated rings. The molecule has 0 atom stereocenters. The number of nitrogens with zero attached hydrogens (tertiary/aromatic N) is 2. The van der Waals surface area contributed by atoms with Gasteiger partial charge in [-0.2, -0.15) is 5.10 Å². The van der Waals surface area contributed by atoms with Crippen molar-refractivity contribution in [2.24, 2.45) is 0 Å². The average Bonchev–Trinajstić information content (AvgIpc) is 3.10. The fraction of sp³-hybridized carbons (Fsp3) is 0.400. The van der Waals surface area contributed by atoms with Crippen LogP contribution in [0.1, 0.15) is 24.7 Å². The highest BCUT2D eigenvalue weighted by Gasteiger charge is 2.13. The number of anilines is 1. The molecular weight excluding hydrogens is 280 g/mol. The van der Waals surface area contributed by atoms with E-state index in [2.05, 4.69) is 49.9 Å². The smallest absolute Gasteiger partial charge is 0.211 e. The first-order valence-electron chi connectivity index (χ1n) is 7.41. The van der Waals surface area contributed by atoms with Gasteiger partial charge in [0.15, 0.2) is 5.82 Å². The molecule has 7 nitrogen and oxygen atoms in total. The number of carbonyl (C=O) groups excluding carboxylic acids is 1. The molecule has 0 saturated carbocycles. The van der Waals surface area contributed by atoms with Gasteiger partial charge >= 0.3 is 0 Å². The molecule has 2 rings (SSSR count). The highest BCUT2D eigenvalue weighted by Crippen LogP contribution is 2.23. The summed E-state index contributed by atoms with van der Waals surface area (Å²) in [5.41, 5.74) is 3.29. The number of nitrogens with one attached hydrogen (secondary N) is 4. The molecule has 2 aromatic heterocycles. The van der Waals surface area contributed by atoms with Crippen LogP contribution in [0, 0.1) is 6.92 Å². The predicted molar refractivity (Wildman–Crippen MR) is 86.6 cm³/mol. The SMILES string of the molecule is CCNCC/C=C\Cc1nc(-c2[nH]ncc2NC=O)[nH]c1C. The summed E-state index contributed by atoms with van der Waals surface area (Å²) in [6.07, 6.45) is 8.26. The maximum Gasteiger partial charge on any atom is 0.211 e. The molecule has 118 valence electrons. The Hall–Kier alpha value is -2.41. The zero-order valence-corrected chi connectivity index (χ0v) is 12.9. The highest BCUT2D eigenvalue weighted by molar-refractivity contribution is 5.80. The van der Waals surface area contributed by atoms with E-state index in [0.29, 0.717) is 23.6 Å². The number of carbonyl (C=O) groups is 1. The Bertz CT molecular complexity index is 628. The number of imidazole rings is 1. The summed E-state index contributed by atoms with van der Waals surface area (Å²) in [5, 5.41) is 12.7. The summed E-state index contributed by atoms with van der Waals surface area (Å²) in [7, 11) is 0. The van der Waals surface area contributed by atoms with E-state index >= 15 is 0 Å². The third kappa shape index (κ3) is 4.05. The first kappa shape index (κ1) is 16.0. The van der Waals surface area contributed by atoms with Crippen LogP contribution < -0.4 is 10.6 Å². The lowest BCUT2D eigenvalue weighted by Gasteiger charge is -1.96. The van der Waals surface area contributed by atoms with E-state index in [4.69, 9.17) is 0 Å². The lowest BCUT2D eigenvalue weighted by Crippen LogP contribution is -2.12. The largest absolute Gasteiger partial charge is 0.340 e. The van der Waals surface area contributed by atoms with Crippen LogP contribution in [-0.2, 0) is 11.2 Å². The van der Waals surface area contributed by atoms with Crippen LogP contribution in [0.5, 0.6) is 0 Å². The molecule has 7 heteroatoms. The minimum Gasteiger partial charge on any atom is -0.340 e. The number of hydrogen-bond acceptors (Lipinski definition) is 4. The molecule has 0 unspecified atom stereocenters. The van der Waals surface area contributed by atoms with Gasteiger partial charge in [-0.3, -0.25) is 9.89 Å². The average molecular weight is 302 g/mol. The second-order valence-electron chi connectivity index (χ2n) is 4.90. The van der Waals surface area contributed by atoms with Gasteiger partial charge in [0, 0.05) is 12.1 Å². The van der Waals surface area contributed by atoms with Crippen molar-refractivity contribution < 1.29 is 4.79 Å². The molecule has 4 N–H and O–H groups in total. The number of aryl methyl sites for hydroxylation is 1. The van der Waals surface area contributed by atoms with Gasteiger partial charge < -0.3 is 15.6 Å². The van der Waals surface area contributed by atoms with Crippen molar-refractivity contribution in [2.75, 3.05) is 18.4 Å². The second kappa shape index (κ2) is 8.14. The lowest BCUT2D eigenvalue weighted by molar-refractivity contribution is -0.105. The van der Waals surface area contributed by atoms with Crippen molar-refractivity contribution in [3.05, 3.63) is 29.7 Å². The van der Waals surface area contributed by atoms with Crippen LogP contribution in [0.25, 0.3) is 11.5 Å². The maximum absolute atomic E-state index is 10.6. The molecule has 2 aromatic rings. The van der Waals surface area contributed by atoms with Crippen molar-refractivity contribution >= 4 is 12.1 Å². The summed E-state index contributed by atoms with van der Waals surface area (Å²) < 4.78 is 0. The zero-order chi connectivity index (χ0) is 15.8. The molecule has 2 heterocycles. The zero-order valence-electron chi connectivity index (χ0n) is 12.9. The molecule has 0 bridgehead atoms. The Morgan fingerprint density at radius 3 is 3.00 bits per heavy atom. The van der Waals surface area contributed by atoms with Gasteiger partial charge in [0.2, 0.25) is 6.41 Å². The van der Waals surface area contributed by atoms with E-state index in [9.17, 15) is 4.79 Å². The first-order chi connectivity index (χ1) is 10.8. The Balaban J connectivity index is 2.01. The number of H-pyrrole nitrogens is 2. The normalized spacial score (nSPS) is 11.2. The lowest BCUT2D eigenvalue weighted by atomic mass is 10.2. The summed E-state index contributed by atoms with van der Waals surface area (Å²) in [6, 6.07) is 0. The second-order valence-corrected chi connectivity index (χ2v) is 4.90. The minimum atomic E-state index is 0.608. The molecule has 0 aliphatic rings. The first-order valence-corrected chi connectivity index (χ1v) is 7.41. The molecule has 22 heavy (non-hydrogen) atoms. The number of rotatable bonds is 9. The van der Waals surface area contributed by atoms with Crippen LogP contribution in [0.3, 0.4) is 0 Å². The predicted octanol–water partition coefficient (Wildman–Crippen LogP) is 1.77. The Labute approximate surface area is 129 Å². The van der Waals surface area contributed by atoms with Crippen molar-refractivity contribution in [1.29, 1.82) is 0 Å². The van der Waals surface area contributed by atoms with Crippen LogP contribution in [0.4, 0.5) is 5.69 Å². The minimum absolute atomic E-state index is 0.608. The monoisotopic (exact) mass is 302 g/mol. The number of hydrogen-bond donors (Lipinski definition) is 4. The van der Waals surface area contributed by atoms with Gasteiger partial charge in [0.1, 0.15) is 5.69 Å². The van der Waals surface area contributed by atoms with Crippen molar-refractivity contribution in [3.63, 3.8) is 0 Å². The summed E-state index contributed by atoms with van der Waals surface area (Å²) in [4.78, 5) is 18.4. The molecule has 0 spiro atoms. The topological polar surface area (TPSA) is 98.5 Å².